The van der Waals surface area contributed by atoms with Gasteiger partial charge in [-0.3, -0.25) is 4.79 Å². The van der Waals surface area contributed by atoms with Gasteiger partial charge in [0.15, 0.2) is 5.78 Å². The van der Waals surface area contributed by atoms with Crippen LogP contribution in [0, 0.1) is 0 Å². The molecule has 7 nitrogen and oxygen atoms in total. The minimum absolute atomic E-state index is 0.158. The summed E-state index contributed by atoms with van der Waals surface area (Å²) in [6, 6.07) is 14.4. The van der Waals surface area contributed by atoms with Gasteiger partial charge in [0.1, 0.15) is 28.5 Å². The first-order valence-electron chi connectivity index (χ1n) is 11.7. The molecule has 1 fully saturated rings. The molecule has 8 heteroatoms. The number of halogens is 1. The number of imidazole rings is 1. The second-order valence-electron chi connectivity index (χ2n) is 8.97. The molecule has 0 radical (unpaired) electrons. The molecule has 2 aromatic carbocycles. The minimum atomic E-state index is -0.305. The minimum Gasteiger partial charge on any atom is -0.457 e. The number of rotatable bonds is 5. The van der Waals surface area contributed by atoms with E-state index in [1.807, 2.05) is 30.3 Å². The smallest absolute Gasteiger partial charge is 0.196 e. The molecule has 1 aliphatic carbocycles. The van der Waals surface area contributed by atoms with E-state index in [1.165, 1.54) is 0 Å². The number of benzene rings is 2. The summed E-state index contributed by atoms with van der Waals surface area (Å²) in [5.74, 6) is 2.00. The van der Waals surface area contributed by atoms with Crippen molar-refractivity contribution >= 4 is 39.5 Å². The molecular formula is C27H23ClN4O3. The van der Waals surface area contributed by atoms with Crippen LogP contribution in [0.2, 0.25) is 5.02 Å². The van der Waals surface area contributed by atoms with Crippen molar-refractivity contribution in [2.24, 2.45) is 0 Å². The number of aromatic amines is 2. The lowest BCUT2D eigenvalue weighted by Crippen LogP contribution is -2.18. The number of pyridine rings is 1. The number of hydrogen-bond donors (Lipinski definition) is 3. The van der Waals surface area contributed by atoms with E-state index in [4.69, 9.17) is 21.3 Å². The molecule has 5 aromatic rings. The van der Waals surface area contributed by atoms with Crippen LogP contribution in [0.4, 0.5) is 0 Å². The SMILES string of the molecule is O=C(c1ccc(Oc2ccccc2)cc1Cl)c1c[nH]c2ncc3[nH]c(C4CCCC(O)C4)nc3c12. The molecule has 35 heavy (non-hydrogen) atoms. The summed E-state index contributed by atoms with van der Waals surface area (Å²) in [6.07, 6.45) is 6.52. The van der Waals surface area contributed by atoms with Gasteiger partial charge in [0.05, 0.1) is 33.8 Å². The van der Waals surface area contributed by atoms with Crippen LogP contribution in [-0.2, 0) is 0 Å². The summed E-state index contributed by atoms with van der Waals surface area (Å²) >= 11 is 6.52. The normalized spacial score (nSPS) is 18.2. The van der Waals surface area contributed by atoms with Crippen LogP contribution < -0.4 is 4.74 Å². The van der Waals surface area contributed by atoms with E-state index in [-0.39, 0.29) is 17.8 Å². The van der Waals surface area contributed by atoms with Crippen LogP contribution in [-0.4, -0.2) is 36.9 Å². The van der Waals surface area contributed by atoms with Gasteiger partial charge in [0.2, 0.25) is 0 Å². The highest BCUT2D eigenvalue weighted by Crippen LogP contribution is 2.35. The number of nitrogens with zero attached hydrogens (tertiary/aromatic N) is 2. The quantitative estimate of drug-likeness (QED) is 0.259. The molecule has 0 aliphatic heterocycles. The number of ketones is 1. The van der Waals surface area contributed by atoms with E-state index in [0.717, 1.165) is 30.6 Å². The van der Waals surface area contributed by atoms with Gasteiger partial charge in [0, 0.05) is 23.7 Å². The van der Waals surface area contributed by atoms with Crippen molar-refractivity contribution in [1.29, 1.82) is 0 Å². The lowest BCUT2D eigenvalue weighted by Gasteiger charge is -2.23. The third-order valence-electron chi connectivity index (χ3n) is 6.61. The molecule has 2 unspecified atom stereocenters. The van der Waals surface area contributed by atoms with Gasteiger partial charge in [-0.15, -0.1) is 0 Å². The van der Waals surface area contributed by atoms with Gasteiger partial charge in [-0.1, -0.05) is 36.2 Å². The number of aliphatic hydroxyl groups is 1. The van der Waals surface area contributed by atoms with Gasteiger partial charge in [-0.2, -0.15) is 0 Å². The summed E-state index contributed by atoms with van der Waals surface area (Å²) < 4.78 is 5.84. The average molecular weight is 487 g/mol. The third-order valence-corrected chi connectivity index (χ3v) is 6.92. The summed E-state index contributed by atoms with van der Waals surface area (Å²) in [7, 11) is 0. The Balaban J connectivity index is 1.36. The average Bonchev–Trinajstić information content (AvgIpc) is 3.49. The van der Waals surface area contributed by atoms with Crippen molar-refractivity contribution < 1.29 is 14.6 Å². The fraction of sp³-hybridized carbons (Fsp3) is 0.222. The standard InChI is InChI=1S/C27H23ClN4O3/c28-21-12-18(35-17-7-2-1-3-8-17)9-10-19(21)25(34)20-13-29-27-23(20)24-22(14-30-27)31-26(32-24)15-5-4-6-16(33)11-15/h1-3,7-10,12-16,33H,4-6,11H2,(H,29,30)(H,31,32). The van der Waals surface area contributed by atoms with Crippen LogP contribution in [0.1, 0.15) is 53.3 Å². The van der Waals surface area contributed by atoms with Crippen molar-refractivity contribution in [2.75, 3.05) is 0 Å². The number of ether oxygens (including phenoxy) is 1. The van der Waals surface area contributed by atoms with E-state index >= 15 is 0 Å². The number of nitrogens with one attached hydrogen (secondary N) is 2. The molecule has 0 bridgehead atoms. The van der Waals surface area contributed by atoms with E-state index < -0.39 is 0 Å². The van der Waals surface area contributed by atoms with E-state index in [2.05, 4.69) is 15.0 Å². The Kier molecular flexibility index (Phi) is 5.51. The lowest BCUT2D eigenvalue weighted by atomic mass is 9.87. The molecule has 3 aromatic heterocycles. The van der Waals surface area contributed by atoms with E-state index in [0.29, 0.717) is 50.6 Å². The highest BCUT2D eigenvalue weighted by Gasteiger charge is 2.26. The first-order chi connectivity index (χ1) is 17.1. The topological polar surface area (TPSA) is 104 Å². The Morgan fingerprint density at radius 1 is 1.09 bits per heavy atom. The van der Waals surface area contributed by atoms with Gasteiger partial charge in [-0.05, 0) is 43.5 Å². The van der Waals surface area contributed by atoms with Gasteiger partial charge in [0.25, 0.3) is 0 Å². The predicted molar refractivity (Wildman–Crippen MR) is 134 cm³/mol. The van der Waals surface area contributed by atoms with Crippen molar-refractivity contribution in [1.82, 2.24) is 19.9 Å². The van der Waals surface area contributed by atoms with Crippen molar-refractivity contribution in [3.8, 4) is 11.5 Å². The number of para-hydroxylation sites is 1. The molecule has 3 N–H and O–H groups in total. The number of H-pyrrole nitrogens is 2. The second-order valence-corrected chi connectivity index (χ2v) is 9.38. The first-order valence-corrected chi connectivity index (χ1v) is 12.1. The molecule has 0 saturated heterocycles. The highest BCUT2D eigenvalue weighted by atomic mass is 35.5. The molecule has 6 rings (SSSR count). The molecule has 3 heterocycles. The fourth-order valence-electron chi connectivity index (χ4n) is 4.87. The van der Waals surface area contributed by atoms with Crippen LogP contribution >= 0.6 is 11.6 Å². The maximum absolute atomic E-state index is 13.6. The van der Waals surface area contributed by atoms with Crippen molar-refractivity contribution in [2.45, 2.75) is 37.7 Å². The summed E-state index contributed by atoms with van der Waals surface area (Å²) in [5, 5.41) is 11.1. The molecule has 0 amide bonds. The fourth-order valence-corrected chi connectivity index (χ4v) is 5.13. The number of carbonyl (C=O) groups excluding carboxylic acids is 1. The monoisotopic (exact) mass is 486 g/mol. The zero-order valence-corrected chi connectivity index (χ0v) is 19.5. The largest absolute Gasteiger partial charge is 0.457 e. The number of fused-ring (bicyclic) bond motifs is 3. The molecule has 2 atom stereocenters. The maximum atomic E-state index is 13.6. The predicted octanol–water partition coefficient (Wildman–Crippen LogP) is 6.13. The molecule has 0 spiro atoms. The number of hydrogen-bond acceptors (Lipinski definition) is 5. The summed E-state index contributed by atoms with van der Waals surface area (Å²) in [4.78, 5) is 29.4. The zero-order valence-electron chi connectivity index (χ0n) is 18.8. The Labute approximate surface area is 206 Å². The number of aliphatic hydroxyl groups excluding tert-OH is 1. The molecule has 176 valence electrons. The van der Waals surface area contributed by atoms with Crippen LogP contribution in [0.5, 0.6) is 11.5 Å². The first kappa shape index (κ1) is 21.8. The Bertz CT molecular complexity index is 1540. The summed E-state index contributed by atoms with van der Waals surface area (Å²) in [5.41, 5.74) is 2.87. The Morgan fingerprint density at radius 2 is 1.94 bits per heavy atom. The van der Waals surface area contributed by atoms with Crippen molar-refractivity contribution in [3.63, 3.8) is 0 Å². The molecular weight excluding hydrogens is 464 g/mol. The van der Waals surface area contributed by atoms with E-state index in [9.17, 15) is 9.90 Å². The maximum Gasteiger partial charge on any atom is 0.196 e. The van der Waals surface area contributed by atoms with Crippen LogP contribution in [0.3, 0.4) is 0 Å². The Hall–Kier alpha value is -3.68. The van der Waals surface area contributed by atoms with Gasteiger partial charge < -0.3 is 19.8 Å². The van der Waals surface area contributed by atoms with Crippen molar-refractivity contribution in [3.05, 3.63) is 82.9 Å². The van der Waals surface area contributed by atoms with Crippen LogP contribution in [0.15, 0.2) is 60.9 Å². The molecule has 1 aliphatic rings. The van der Waals surface area contributed by atoms with Gasteiger partial charge >= 0.3 is 0 Å². The Morgan fingerprint density at radius 3 is 2.74 bits per heavy atom. The second kappa shape index (κ2) is 8.83. The lowest BCUT2D eigenvalue weighted by molar-refractivity contribution is 0.104. The van der Waals surface area contributed by atoms with Gasteiger partial charge in [-0.25, -0.2) is 9.97 Å². The highest BCUT2D eigenvalue weighted by molar-refractivity contribution is 6.36. The molecule has 1 saturated carbocycles. The third kappa shape index (κ3) is 4.07. The zero-order chi connectivity index (χ0) is 23.9. The summed E-state index contributed by atoms with van der Waals surface area (Å²) in [6.45, 7) is 0. The van der Waals surface area contributed by atoms with E-state index in [1.54, 1.807) is 30.6 Å². The van der Waals surface area contributed by atoms with Crippen LogP contribution in [0.25, 0.3) is 22.1 Å². The number of aromatic nitrogens is 4. The number of carbonyl (C=O) groups is 1.